The maximum atomic E-state index is 14.7. The highest BCUT2D eigenvalue weighted by Crippen LogP contribution is 2.49. The van der Waals surface area contributed by atoms with Crippen LogP contribution in [0.4, 0.5) is 8.78 Å². The van der Waals surface area contributed by atoms with Gasteiger partial charge in [-0.05, 0) is 18.6 Å². The molecule has 3 aromatic rings. The first-order valence-corrected chi connectivity index (χ1v) is 9.88. The minimum Gasteiger partial charge on any atom is -0.379 e. The summed E-state index contributed by atoms with van der Waals surface area (Å²) in [6.07, 6.45) is 5.81. The summed E-state index contributed by atoms with van der Waals surface area (Å²) in [6.45, 7) is 0.146. The molecule has 144 valence electrons. The second-order valence-corrected chi connectivity index (χ2v) is 8.07. The Morgan fingerprint density at radius 2 is 2.21 bits per heavy atom. The van der Waals surface area contributed by atoms with E-state index >= 15 is 0 Å². The van der Waals surface area contributed by atoms with Crippen LogP contribution in [0.3, 0.4) is 0 Å². The van der Waals surface area contributed by atoms with Crippen molar-refractivity contribution >= 4 is 22.7 Å². The smallest absolute Gasteiger partial charge is 0.234 e. The quantitative estimate of drug-likeness (QED) is 0.714. The van der Waals surface area contributed by atoms with Gasteiger partial charge in [0.2, 0.25) is 5.78 Å². The fourth-order valence-corrected chi connectivity index (χ4v) is 5.03. The number of nitrogens with zero attached hydrogens (tertiary/aromatic N) is 4. The van der Waals surface area contributed by atoms with Crippen molar-refractivity contribution in [2.24, 2.45) is 16.6 Å². The largest absolute Gasteiger partial charge is 0.379 e. The number of ether oxygens (including phenoxy) is 1. The normalized spacial score (nSPS) is 27.4. The molecule has 0 aliphatic carbocycles. The molecule has 4 heterocycles. The van der Waals surface area contributed by atoms with Crippen LogP contribution in [0, 0.1) is 17.6 Å². The molecule has 9 heteroatoms. The first kappa shape index (κ1) is 17.6. The summed E-state index contributed by atoms with van der Waals surface area (Å²) < 4.78 is 36.1. The molecule has 2 N–H and O–H groups in total. The number of thioether (sulfide) groups is 1. The number of hydrogen-bond donors (Lipinski definition) is 1. The maximum absolute atomic E-state index is 14.7. The van der Waals surface area contributed by atoms with Gasteiger partial charge in [0.05, 0.1) is 12.3 Å². The molecule has 1 aromatic carbocycles. The van der Waals surface area contributed by atoms with E-state index < -0.39 is 17.2 Å². The Morgan fingerprint density at radius 3 is 3.04 bits per heavy atom. The van der Waals surface area contributed by atoms with Gasteiger partial charge < -0.3 is 10.5 Å². The van der Waals surface area contributed by atoms with Crippen molar-refractivity contribution in [2.75, 3.05) is 12.4 Å². The van der Waals surface area contributed by atoms with Crippen molar-refractivity contribution in [1.82, 2.24) is 14.4 Å². The van der Waals surface area contributed by atoms with Gasteiger partial charge in [-0.2, -0.15) is 0 Å². The van der Waals surface area contributed by atoms with Gasteiger partial charge in [-0.25, -0.2) is 23.7 Å². The Morgan fingerprint density at radius 1 is 1.32 bits per heavy atom. The van der Waals surface area contributed by atoms with Crippen LogP contribution < -0.4 is 5.73 Å². The van der Waals surface area contributed by atoms with Crippen LogP contribution in [0.25, 0.3) is 5.78 Å². The van der Waals surface area contributed by atoms with Crippen LogP contribution in [0.5, 0.6) is 0 Å². The summed E-state index contributed by atoms with van der Waals surface area (Å²) >= 11 is 1.45. The van der Waals surface area contributed by atoms with E-state index in [4.69, 9.17) is 10.5 Å². The molecule has 5 rings (SSSR count). The molecule has 0 amide bonds. The zero-order chi connectivity index (χ0) is 19.3. The summed E-state index contributed by atoms with van der Waals surface area (Å²) in [5.74, 6) is -0.00267. The van der Waals surface area contributed by atoms with Crippen LogP contribution in [0.2, 0.25) is 0 Å². The Bertz CT molecular complexity index is 1050. The number of halogens is 2. The second-order valence-electron chi connectivity index (χ2n) is 7.03. The summed E-state index contributed by atoms with van der Waals surface area (Å²) in [7, 11) is 0. The van der Waals surface area contributed by atoms with Crippen molar-refractivity contribution in [3.8, 4) is 0 Å². The van der Waals surface area contributed by atoms with Crippen LogP contribution in [0.15, 0.2) is 47.8 Å². The summed E-state index contributed by atoms with van der Waals surface area (Å²) in [6, 6.07) is 5.41. The number of aliphatic imine (C=N–C) groups is 1. The molecule has 0 bridgehead atoms. The third-order valence-corrected chi connectivity index (χ3v) is 6.36. The Kier molecular flexibility index (Phi) is 4.09. The molecular formula is C19H17F2N5OS. The zero-order valence-electron chi connectivity index (χ0n) is 14.8. The third-order valence-electron chi connectivity index (χ3n) is 5.40. The predicted octanol–water partition coefficient (Wildman–Crippen LogP) is 3.04. The SMILES string of the molecule is NC1=NC2(c3ccc(F)cc3F)COC(c3cn4cccnc4n3)CC2CS1. The first-order chi connectivity index (χ1) is 13.5. The lowest BCUT2D eigenvalue weighted by Crippen LogP contribution is -2.48. The van der Waals surface area contributed by atoms with Gasteiger partial charge in [-0.1, -0.05) is 17.8 Å². The van der Waals surface area contributed by atoms with Crippen LogP contribution in [-0.4, -0.2) is 31.9 Å². The van der Waals surface area contributed by atoms with E-state index in [0.29, 0.717) is 28.7 Å². The molecule has 3 unspecified atom stereocenters. The van der Waals surface area contributed by atoms with Crippen molar-refractivity contribution in [3.05, 3.63) is 65.7 Å². The summed E-state index contributed by atoms with van der Waals surface area (Å²) in [5.41, 5.74) is 6.11. The predicted molar refractivity (Wildman–Crippen MR) is 102 cm³/mol. The fraction of sp³-hybridized carbons (Fsp3) is 0.316. The van der Waals surface area contributed by atoms with Gasteiger partial charge in [0, 0.05) is 41.9 Å². The molecule has 6 nitrogen and oxygen atoms in total. The highest BCUT2D eigenvalue weighted by Gasteiger charge is 2.50. The molecule has 1 saturated heterocycles. The molecular weight excluding hydrogens is 384 g/mol. The molecule has 1 fully saturated rings. The van der Waals surface area contributed by atoms with Gasteiger partial charge in [-0.15, -0.1) is 0 Å². The van der Waals surface area contributed by atoms with Gasteiger partial charge in [0.15, 0.2) is 5.17 Å². The van der Waals surface area contributed by atoms with E-state index in [2.05, 4.69) is 15.0 Å². The van der Waals surface area contributed by atoms with Crippen LogP contribution >= 0.6 is 11.8 Å². The van der Waals surface area contributed by atoms with Crippen molar-refractivity contribution < 1.29 is 13.5 Å². The van der Waals surface area contributed by atoms with Gasteiger partial charge >= 0.3 is 0 Å². The van der Waals surface area contributed by atoms with Gasteiger partial charge in [0.1, 0.15) is 23.3 Å². The number of fused-ring (bicyclic) bond motifs is 2. The Hall–Kier alpha value is -2.52. The van der Waals surface area contributed by atoms with Crippen molar-refractivity contribution in [3.63, 3.8) is 0 Å². The maximum Gasteiger partial charge on any atom is 0.234 e. The topological polar surface area (TPSA) is 77.8 Å². The molecule has 3 atom stereocenters. The number of aromatic nitrogens is 3. The summed E-state index contributed by atoms with van der Waals surface area (Å²) in [5, 5.41) is 0.388. The van der Waals surface area contributed by atoms with E-state index in [-0.39, 0.29) is 18.6 Å². The number of benzene rings is 1. The monoisotopic (exact) mass is 401 g/mol. The van der Waals surface area contributed by atoms with Gasteiger partial charge in [-0.3, -0.25) is 4.40 Å². The molecule has 28 heavy (non-hydrogen) atoms. The van der Waals surface area contributed by atoms with Crippen LogP contribution in [-0.2, 0) is 10.3 Å². The van der Waals surface area contributed by atoms with E-state index in [1.807, 2.05) is 22.9 Å². The van der Waals surface area contributed by atoms with Crippen molar-refractivity contribution in [1.29, 1.82) is 0 Å². The van der Waals surface area contributed by atoms with E-state index in [1.165, 1.54) is 23.9 Å². The van der Waals surface area contributed by atoms with E-state index in [1.54, 1.807) is 6.20 Å². The average Bonchev–Trinajstić information content (AvgIpc) is 3.11. The third kappa shape index (κ3) is 2.77. The lowest BCUT2D eigenvalue weighted by atomic mass is 9.74. The second kappa shape index (κ2) is 6.52. The molecule has 2 aliphatic heterocycles. The molecule has 2 aromatic heterocycles. The highest BCUT2D eigenvalue weighted by atomic mass is 32.2. The lowest BCUT2D eigenvalue weighted by molar-refractivity contribution is -0.0604. The molecule has 0 saturated carbocycles. The minimum atomic E-state index is -0.957. The Balaban J connectivity index is 1.52. The first-order valence-electron chi connectivity index (χ1n) is 8.90. The molecule has 0 spiro atoms. The fourth-order valence-electron chi connectivity index (χ4n) is 4.02. The van der Waals surface area contributed by atoms with Gasteiger partial charge in [0.25, 0.3) is 0 Å². The minimum absolute atomic E-state index is 0.0266. The number of rotatable bonds is 2. The molecule has 2 aliphatic rings. The number of imidazole rings is 1. The standard InChI is InChI=1S/C19H17F2N5OS/c20-12-2-3-13(14(21)7-12)19-10-27-16(6-11(19)9-28-17(22)25-19)15-8-26-5-1-4-23-18(26)24-15/h1-5,7-8,11,16H,6,9-10H2,(H2,22,25). The number of amidine groups is 1. The zero-order valence-corrected chi connectivity index (χ0v) is 15.6. The number of hydrogen-bond acceptors (Lipinski definition) is 6. The highest BCUT2D eigenvalue weighted by molar-refractivity contribution is 8.13. The Labute approximate surface area is 163 Å². The van der Waals surface area contributed by atoms with E-state index in [9.17, 15) is 8.78 Å². The molecule has 0 radical (unpaired) electrons. The average molecular weight is 401 g/mol. The van der Waals surface area contributed by atoms with Crippen LogP contribution in [0.1, 0.15) is 23.8 Å². The van der Waals surface area contributed by atoms with E-state index in [0.717, 1.165) is 11.8 Å². The number of nitrogens with two attached hydrogens (primary N) is 1. The lowest BCUT2D eigenvalue weighted by Gasteiger charge is -2.46. The van der Waals surface area contributed by atoms with Crippen molar-refractivity contribution in [2.45, 2.75) is 18.1 Å². The summed E-state index contributed by atoms with van der Waals surface area (Å²) in [4.78, 5) is 13.4.